The van der Waals surface area contributed by atoms with E-state index >= 15 is 0 Å². The number of hydrogen-bond donors (Lipinski definition) is 2. The van der Waals surface area contributed by atoms with Crippen molar-refractivity contribution >= 4 is 6.03 Å². The van der Waals surface area contributed by atoms with Gasteiger partial charge in [-0.2, -0.15) is 0 Å². The quantitative estimate of drug-likeness (QED) is 0.741. The summed E-state index contributed by atoms with van der Waals surface area (Å²) in [4.78, 5) is 17.7. The summed E-state index contributed by atoms with van der Waals surface area (Å²) in [7, 11) is 0. The van der Waals surface area contributed by atoms with Crippen LogP contribution in [0.5, 0.6) is 0 Å². The number of carbonyl (C=O) groups excluding carboxylic acids is 1. The van der Waals surface area contributed by atoms with E-state index < -0.39 is 0 Å². The van der Waals surface area contributed by atoms with Crippen molar-refractivity contribution in [3.05, 3.63) is 30.1 Å². The summed E-state index contributed by atoms with van der Waals surface area (Å²) in [6.45, 7) is 2.57. The summed E-state index contributed by atoms with van der Waals surface area (Å²) in [5.74, 6) is 0. The van der Waals surface area contributed by atoms with Crippen LogP contribution >= 0.6 is 0 Å². The highest BCUT2D eigenvalue weighted by Crippen LogP contribution is 2.22. The van der Waals surface area contributed by atoms with Crippen molar-refractivity contribution in [3.63, 3.8) is 0 Å². The molecule has 0 radical (unpaired) electrons. The zero-order chi connectivity index (χ0) is 11.0. The maximum atomic E-state index is 11.8. The normalized spacial score (nSPS) is 25.4. The Morgan fingerprint density at radius 2 is 2.31 bits per heavy atom. The van der Waals surface area contributed by atoms with Crippen LogP contribution in [0, 0.1) is 0 Å². The van der Waals surface area contributed by atoms with Gasteiger partial charge in [-0.1, -0.05) is 6.07 Å². The van der Waals surface area contributed by atoms with E-state index in [9.17, 15) is 4.79 Å². The minimum absolute atomic E-state index is 0.0420. The molecule has 2 fully saturated rings. The second-order valence-corrected chi connectivity index (χ2v) is 4.25. The average molecular weight is 218 g/mol. The van der Waals surface area contributed by atoms with E-state index in [-0.39, 0.29) is 12.1 Å². The lowest BCUT2D eigenvalue weighted by Crippen LogP contribution is -2.57. The summed E-state index contributed by atoms with van der Waals surface area (Å²) in [5.41, 5.74) is 1.07. The van der Waals surface area contributed by atoms with Crippen LogP contribution < -0.4 is 10.6 Å². The number of carbonyl (C=O) groups is 1. The fraction of sp³-hybridized carbons (Fsp3) is 0.455. The summed E-state index contributed by atoms with van der Waals surface area (Å²) >= 11 is 0. The molecule has 2 aliphatic heterocycles. The first-order chi connectivity index (χ1) is 7.84. The van der Waals surface area contributed by atoms with Gasteiger partial charge < -0.3 is 15.5 Å². The van der Waals surface area contributed by atoms with Gasteiger partial charge in [-0.3, -0.25) is 4.98 Å². The fourth-order valence-corrected chi connectivity index (χ4v) is 2.14. The smallest absolute Gasteiger partial charge is 0.318 e. The van der Waals surface area contributed by atoms with Crippen LogP contribution in [-0.4, -0.2) is 41.6 Å². The second kappa shape index (κ2) is 3.75. The highest BCUT2D eigenvalue weighted by Gasteiger charge is 2.36. The Labute approximate surface area is 93.9 Å². The van der Waals surface area contributed by atoms with Gasteiger partial charge in [-0.15, -0.1) is 0 Å². The van der Waals surface area contributed by atoms with E-state index in [1.165, 1.54) is 0 Å². The lowest BCUT2D eigenvalue weighted by molar-refractivity contribution is 0.172. The van der Waals surface area contributed by atoms with E-state index in [1.807, 2.05) is 23.2 Å². The van der Waals surface area contributed by atoms with E-state index in [0.29, 0.717) is 6.04 Å². The molecule has 3 rings (SSSR count). The number of nitrogens with zero attached hydrogens (tertiary/aromatic N) is 2. The molecule has 2 saturated heterocycles. The molecule has 84 valence electrons. The van der Waals surface area contributed by atoms with E-state index in [4.69, 9.17) is 0 Å². The summed E-state index contributed by atoms with van der Waals surface area (Å²) < 4.78 is 0. The lowest BCUT2D eigenvalue weighted by atomic mass is 10.1. The molecule has 5 nitrogen and oxygen atoms in total. The van der Waals surface area contributed by atoms with Crippen LogP contribution in [0.2, 0.25) is 0 Å². The van der Waals surface area contributed by atoms with Gasteiger partial charge in [0, 0.05) is 32.0 Å². The standard InChI is InChI=1S/C11H14N4O/c16-11-14-10(8-2-1-3-12-4-8)7-15(11)9-5-13-6-9/h1-4,9-10,13H,5-7H2,(H,14,16). The maximum Gasteiger partial charge on any atom is 0.318 e. The van der Waals surface area contributed by atoms with Gasteiger partial charge in [0.25, 0.3) is 0 Å². The highest BCUT2D eigenvalue weighted by atomic mass is 16.2. The van der Waals surface area contributed by atoms with E-state index in [0.717, 1.165) is 25.2 Å². The average Bonchev–Trinajstić information content (AvgIpc) is 2.60. The minimum Gasteiger partial charge on any atom is -0.329 e. The molecule has 1 aromatic heterocycles. The second-order valence-electron chi connectivity index (χ2n) is 4.25. The van der Waals surface area contributed by atoms with Crippen LogP contribution in [0.25, 0.3) is 0 Å². The van der Waals surface area contributed by atoms with Crippen molar-refractivity contribution in [1.82, 2.24) is 20.5 Å². The van der Waals surface area contributed by atoms with Gasteiger partial charge in [0.05, 0.1) is 12.1 Å². The van der Waals surface area contributed by atoms with Gasteiger partial charge >= 0.3 is 6.03 Å². The Morgan fingerprint density at radius 1 is 1.44 bits per heavy atom. The Kier molecular flexibility index (Phi) is 2.25. The molecule has 16 heavy (non-hydrogen) atoms. The number of rotatable bonds is 2. The molecule has 1 unspecified atom stereocenters. The zero-order valence-electron chi connectivity index (χ0n) is 8.89. The van der Waals surface area contributed by atoms with Gasteiger partial charge in [-0.05, 0) is 11.6 Å². The predicted molar refractivity (Wildman–Crippen MR) is 58.9 cm³/mol. The third kappa shape index (κ3) is 1.53. The highest BCUT2D eigenvalue weighted by molar-refractivity contribution is 5.77. The summed E-state index contributed by atoms with van der Waals surface area (Å²) in [6, 6.07) is 4.39. The molecule has 3 heterocycles. The van der Waals surface area contributed by atoms with E-state index in [2.05, 4.69) is 15.6 Å². The molecule has 0 spiro atoms. The number of nitrogens with one attached hydrogen (secondary N) is 2. The van der Waals surface area contributed by atoms with Gasteiger partial charge in [0.2, 0.25) is 0 Å². The van der Waals surface area contributed by atoms with Crippen LogP contribution in [0.15, 0.2) is 24.5 Å². The Hall–Kier alpha value is -1.62. The summed E-state index contributed by atoms with van der Waals surface area (Å²) in [5, 5.41) is 6.17. The first-order valence-electron chi connectivity index (χ1n) is 5.52. The Morgan fingerprint density at radius 3 is 2.94 bits per heavy atom. The number of aromatic nitrogens is 1. The Balaban J connectivity index is 1.74. The molecule has 0 bridgehead atoms. The monoisotopic (exact) mass is 218 g/mol. The molecule has 1 atom stereocenters. The predicted octanol–water partition coefficient (Wildman–Crippen LogP) is 0.120. The number of urea groups is 1. The maximum absolute atomic E-state index is 11.8. The van der Waals surface area contributed by atoms with Crippen molar-refractivity contribution in [2.24, 2.45) is 0 Å². The van der Waals surface area contributed by atoms with Crippen LogP contribution in [0.4, 0.5) is 4.79 Å². The van der Waals surface area contributed by atoms with Crippen LogP contribution in [0.3, 0.4) is 0 Å². The molecule has 2 aliphatic rings. The van der Waals surface area contributed by atoms with Crippen molar-refractivity contribution < 1.29 is 4.79 Å². The third-order valence-corrected chi connectivity index (χ3v) is 3.23. The number of amides is 2. The first kappa shape index (κ1) is 9.59. The molecule has 0 aromatic carbocycles. The van der Waals surface area contributed by atoms with Gasteiger partial charge in [0.15, 0.2) is 0 Å². The van der Waals surface area contributed by atoms with Crippen LogP contribution in [-0.2, 0) is 0 Å². The zero-order valence-corrected chi connectivity index (χ0v) is 8.89. The van der Waals surface area contributed by atoms with E-state index in [1.54, 1.807) is 6.20 Å². The first-order valence-corrected chi connectivity index (χ1v) is 5.52. The lowest BCUT2D eigenvalue weighted by Gasteiger charge is -2.34. The van der Waals surface area contributed by atoms with Crippen molar-refractivity contribution in [3.8, 4) is 0 Å². The molecule has 2 amide bonds. The molecule has 1 aromatic rings. The van der Waals surface area contributed by atoms with Crippen molar-refractivity contribution in [2.45, 2.75) is 12.1 Å². The molecular weight excluding hydrogens is 204 g/mol. The number of pyridine rings is 1. The summed E-state index contributed by atoms with van der Waals surface area (Å²) in [6.07, 6.45) is 3.56. The fourth-order valence-electron chi connectivity index (χ4n) is 2.14. The van der Waals surface area contributed by atoms with Gasteiger partial charge in [0.1, 0.15) is 0 Å². The molecule has 0 saturated carbocycles. The van der Waals surface area contributed by atoms with Crippen LogP contribution in [0.1, 0.15) is 11.6 Å². The minimum atomic E-state index is 0.0420. The molecular formula is C11H14N4O. The topological polar surface area (TPSA) is 57.3 Å². The third-order valence-electron chi connectivity index (χ3n) is 3.23. The molecule has 0 aliphatic carbocycles. The van der Waals surface area contributed by atoms with Gasteiger partial charge in [-0.25, -0.2) is 4.79 Å². The SMILES string of the molecule is O=C1NC(c2cccnc2)CN1C1CNC1. The number of hydrogen-bond acceptors (Lipinski definition) is 3. The molecule has 2 N–H and O–H groups in total. The van der Waals surface area contributed by atoms with Crippen molar-refractivity contribution in [1.29, 1.82) is 0 Å². The molecule has 5 heteroatoms. The van der Waals surface area contributed by atoms with Crippen molar-refractivity contribution in [2.75, 3.05) is 19.6 Å². The largest absolute Gasteiger partial charge is 0.329 e. The Bertz CT molecular complexity index is 390.